The van der Waals surface area contributed by atoms with Crippen LogP contribution in [0.5, 0.6) is 0 Å². The van der Waals surface area contributed by atoms with E-state index in [4.69, 9.17) is 9.84 Å². The Morgan fingerprint density at radius 1 is 1.19 bits per heavy atom. The molecule has 0 aliphatic carbocycles. The van der Waals surface area contributed by atoms with Gasteiger partial charge in [0.1, 0.15) is 0 Å². The number of aliphatic hydroxyl groups is 1. The number of aliphatic hydroxyl groups excluding tert-OH is 1. The third-order valence-electron chi connectivity index (χ3n) is 3.16. The fraction of sp³-hybridized carbons (Fsp3) is 0.625. The first kappa shape index (κ1) is 19.4. The number of carbonyl (C=O) groups excluding carboxylic acids is 1. The second-order valence-corrected chi connectivity index (χ2v) is 5.17. The van der Waals surface area contributed by atoms with Gasteiger partial charge in [-0.2, -0.15) is 0 Å². The molecule has 0 radical (unpaired) electrons. The summed E-state index contributed by atoms with van der Waals surface area (Å²) in [5.74, 6) is -1.34. The smallest absolute Gasteiger partial charge is 0.333 e. The molecule has 0 spiro atoms. The molecule has 5 nitrogen and oxygen atoms in total. The quantitative estimate of drug-likeness (QED) is 0.505. The van der Waals surface area contributed by atoms with E-state index >= 15 is 0 Å². The number of hydrogen-bond donors (Lipinski definition) is 2. The Morgan fingerprint density at radius 2 is 1.81 bits per heavy atom. The molecule has 2 unspecified atom stereocenters. The minimum absolute atomic E-state index is 0.283. The first-order valence-electron chi connectivity index (χ1n) is 7.23. The first-order chi connectivity index (χ1) is 9.77. The van der Waals surface area contributed by atoms with Crippen LogP contribution in [0, 0.1) is 0 Å². The van der Waals surface area contributed by atoms with Crippen LogP contribution in [-0.4, -0.2) is 34.4 Å². The van der Waals surface area contributed by atoms with Crippen LogP contribution in [0.25, 0.3) is 0 Å². The van der Waals surface area contributed by atoms with E-state index in [2.05, 4.69) is 0 Å². The van der Waals surface area contributed by atoms with Gasteiger partial charge in [-0.3, -0.25) is 0 Å². The van der Waals surface area contributed by atoms with Crippen molar-refractivity contribution in [3.63, 3.8) is 0 Å². The van der Waals surface area contributed by atoms with E-state index in [0.29, 0.717) is 31.3 Å². The second kappa shape index (κ2) is 10.2. The molecule has 2 N–H and O–H groups in total. The summed E-state index contributed by atoms with van der Waals surface area (Å²) in [4.78, 5) is 22.4. The number of rotatable bonds is 9. The number of aliphatic carboxylic acids is 1. The summed E-state index contributed by atoms with van der Waals surface area (Å²) in [5.41, 5.74) is 0.768. The summed E-state index contributed by atoms with van der Waals surface area (Å²) < 4.78 is 5.25. The van der Waals surface area contributed by atoms with Crippen LogP contribution < -0.4 is 0 Å². The summed E-state index contributed by atoms with van der Waals surface area (Å²) in [6, 6.07) is 0. The highest BCUT2D eigenvalue weighted by Crippen LogP contribution is 2.09. The summed E-state index contributed by atoms with van der Waals surface area (Å²) in [6.07, 6.45) is 4.77. The molecule has 0 saturated carbocycles. The van der Waals surface area contributed by atoms with Crippen LogP contribution in [0.2, 0.25) is 0 Å². The summed E-state index contributed by atoms with van der Waals surface area (Å²) >= 11 is 0. The topological polar surface area (TPSA) is 83.8 Å². The van der Waals surface area contributed by atoms with Crippen molar-refractivity contribution in [1.29, 1.82) is 0 Å². The molecule has 0 fully saturated rings. The van der Waals surface area contributed by atoms with Gasteiger partial charge in [0.15, 0.2) is 0 Å². The number of hydrogen-bond acceptors (Lipinski definition) is 4. The maximum atomic E-state index is 11.8. The number of carboxylic acid groups (broad SMARTS) is 1. The molecule has 0 aliphatic heterocycles. The SMILES string of the molecule is CCC(O)CC=C(C)C(=O)OC(C)CCC=C(C)C(=O)O. The number of allylic oxidation sites excluding steroid dienone is 1. The van der Waals surface area contributed by atoms with Crippen molar-refractivity contribution in [3.05, 3.63) is 23.3 Å². The molecule has 0 aromatic heterocycles. The lowest BCUT2D eigenvalue weighted by atomic mass is 10.1. The van der Waals surface area contributed by atoms with Crippen LogP contribution >= 0.6 is 0 Å². The fourth-order valence-electron chi connectivity index (χ4n) is 1.52. The largest absolute Gasteiger partial charge is 0.478 e. The first-order valence-corrected chi connectivity index (χ1v) is 7.23. The van der Waals surface area contributed by atoms with Gasteiger partial charge in [0, 0.05) is 11.1 Å². The molecule has 5 heteroatoms. The van der Waals surface area contributed by atoms with Crippen molar-refractivity contribution in [2.75, 3.05) is 0 Å². The minimum Gasteiger partial charge on any atom is -0.478 e. The second-order valence-electron chi connectivity index (χ2n) is 5.17. The Morgan fingerprint density at radius 3 is 2.33 bits per heavy atom. The van der Waals surface area contributed by atoms with E-state index in [9.17, 15) is 14.7 Å². The summed E-state index contributed by atoms with van der Waals surface area (Å²) in [7, 11) is 0. The Balaban J connectivity index is 4.20. The minimum atomic E-state index is -0.937. The van der Waals surface area contributed by atoms with Gasteiger partial charge >= 0.3 is 11.9 Å². The van der Waals surface area contributed by atoms with Gasteiger partial charge in [-0.1, -0.05) is 19.1 Å². The zero-order valence-corrected chi connectivity index (χ0v) is 13.3. The average Bonchev–Trinajstić information content (AvgIpc) is 2.43. The molecule has 0 heterocycles. The molecule has 0 aromatic carbocycles. The zero-order valence-electron chi connectivity index (χ0n) is 13.3. The Kier molecular flexibility index (Phi) is 9.37. The van der Waals surface area contributed by atoms with Crippen LogP contribution in [0.4, 0.5) is 0 Å². The molecule has 120 valence electrons. The van der Waals surface area contributed by atoms with Crippen LogP contribution in [-0.2, 0) is 14.3 Å². The molecular weight excluding hydrogens is 272 g/mol. The number of ether oxygens (including phenoxy) is 1. The van der Waals surface area contributed by atoms with Crippen molar-refractivity contribution < 1.29 is 24.5 Å². The molecule has 0 aromatic rings. The van der Waals surface area contributed by atoms with E-state index in [1.54, 1.807) is 26.0 Å². The Hall–Kier alpha value is -1.62. The Bertz CT molecular complexity index is 409. The van der Waals surface area contributed by atoms with E-state index in [0.717, 1.165) is 0 Å². The van der Waals surface area contributed by atoms with Gasteiger partial charge in [0.05, 0.1) is 12.2 Å². The van der Waals surface area contributed by atoms with Crippen molar-refractivity contribution in [2.24, 2.45) is 0 Å². The lowest BCUT2D eigenvalue weighted by molar-refractivity contribution is -0.143. The fourth-order valence-corrected chi connectivity index (χ4v) is 1.52. The van der Waals surface area contributed by atoms with Gasteiger partial charge < -0.3 is 14.9 Å². The van der Waals surface area contributed by atoms with Gasteiger partial charge in [-0.05, 0) is 46.5 Å². The maximum absolute atomic E-state index is 11.8. The predicted octanol–water partition coefficient (Wildman–Crippen LogP) is 2.84. The normalized spacial score (nSPS) is 15.5. The highest BCUT2D eigenvalue weighted by Gasteiger charge is 2.11. The molecule has 0 amide bonds. The highest BCUT2D eigenvalue weighted by molar-refractivity contribution is 5.87. The van der Waals surface area contributed by atoms with Gasteiger partial charge in [0.2, 0.25) is 0 Å². The predicted molar refractivity (Wildman–Crippen MR) is 80.9 cm³/mol. The molecule has 21 heavy (non-hydrogen) atoms. The maximum Gasteiger partial charge on any atom is 0.333 e. The molecule has 0 bridgehead atoms. The lowest BCUT2D eigenvalue weighted by Crippen LogP contribution is -2.16. The number of esters is 1. The third kappa shape index (κ3) is 9.02. The third-order valence-corrected chi connectivity index (χ3v) is 3.16. The number of carbonyl (C=O) groups is 2. The summed E-state index contributed by atoms with van der Waals surface area (Å²) in [6.45, 7) is 6.84. The monoisotopic (exact) mass is 298 g/mol. The van der Waals surface area contributed by atoms with Gasteiger partial charge in [-0.15, -0.1) is 0 Å². The summed E-state index contributed by atoms with van der Waals surface area (Å²) in [5, 5.41) is 18.1. The van der Waals surface area contributed by atoms with E-state index in [1.165, 1.54) is 6.92 Å². The van der Waals surface area contributed by atoms with Gasteiger partial charge in [-0.25, -0.2) is 9.59 Å². The van der Waals surface area contributed by atoms with Crippen LogP contribution in [0.3, 0.4) is 0 Å². The zero-order chi connectivity index (χ0) is 16.4. The molecule has 2 atom stereocenters. The van der Waals surface area contributed by atoms with Crippen LogP contribution in [0.1, 0.15) is 53.4 Å². The van der Waals surface area contributed by atoms with E-state index in [1.807, 2.05) is 6.92 Å². The molecular formula is C16H26O5. The standard InChI is InChI=1S/C16H26O5/c1-5-14(17)10-9-12(3)16(20)21-13(4)8-6-7-11(2)15(18)19/h7,9,13-14,17H,5-6,8,10H2,1-4H3,(H,18,19). The van der Waals surface area contributed by atoms with E-state index < -0.39 is 18.0 Å². The lowest BCUT2D eigenvalue weighted by Gasteiger charge is -2.13. The molecule has 0 saturated heterocycles. The van der Waals surface area contributed by atoms with Gasteiger partial charge in [0.25, 0.3) is 0 Å². The van der Waals surface area contributed by atoms with Crippen molar-refractivity contribution >= 4 is 11.9 Å². The molecule has 0 rings (SSSR count). The number of carboxylic acids is 1. The van der Waals surface area contributed by atoms with Crippen LogP contribution in [0.15, 0.2) is 23.3 Å². The highest BCUT2D eigenvalue weighted by atomic mass is 16.5. The van der Waals surface area contributed by atoms with Crippen molar-refractivity contribution in [1.82, 2.24) is 0 Å². The van der Waals surface area contributed by atoms with Crippen molar-refractivity contribution in [2.45, 2.75) is 65.6 Å². The Labute approximate surface area is 126 Å². The van der Waals surface area contributed by atoms with Crippen molar-refractivity contribution in [3.8, 4) is 0 Å². The average molecular weight is 298 g/mol. The molecule has 0 aliphatic rings. The van der Waals surface area contributed by atoms with E-state index in [-0.39, 0.29) is 11.7 Å².